The minimum atomic E-state index is -0.469. The Morgan fingerprint density at radius 2 is 2.11 bits per heavy atom. The average molecular weight is 255 g/mol. The van der Waals surface area contributed by atoms with E-state index in [1.165, 1.54) is 7.11 Å². The first-order valence-electron chi connectivity index (χ1n) is 6.15. The Balaban J connectivity index is 2.05. The van der Waals surface area contributed by atoms with Crippen LogP contribution in [0.5, 0.6) is 0 Å². The average Bonchev–Trinajstić information content (AvgIpc) is 2.55. The number of ether oxygens (including phenoxy) is 1. The van der Waals surface area contributed by atoms with Crippen LogP contribution in [0.2, 0.25) is 0 Å². The maximum Gasteiger partial charge on any atom is 0.410 e. The number of carbonyl (C=O) groups is 1. The van der Waals surface area contributed by atoms with Crippen LogP contribution in [0.25, 0.3) is 0 Å². The number of hydrogen-bond donors (Lipinski definition) is 1. The van der Waals surface area contributed by atoms with Crippen LogP contribution in [0.1, 0.15) is 20.8 Å². The fraction of sp³-hybridized carbons (Fsp3) is 0.833. The van der Waals surface area contributed by atoms with Gasteiger partial charge in [-0.25, -0.2) is 4.79 Å². The number of rotatable bonds is 1. The minimum Gasteiger partial charge on any atom is -0.444 e. The van der Waals surface area contributed by atoms with E-state index in [1.807, 2.05) is 20.8 Å². The van der Waals surface area contributed by atoms with Crippen LogP contribution in [0.4, 0.5) is 4.79 Å². The maximum absolute atomic E-state index is 12.0. The number of carbonyl (C=O) groups excluding carboxylic acids is 1. The summed E-state index contributed by atoms with van der Waals surface area (Å²) in [5.41, 5.74) is 0.408. The van der Waals surface area contributed by atoms with Crippen molar-refractivity contribution < 1.29 is 14.4 Å². The summed E-state index contributed by atoms with van der Waals surface area (Å²) in [5.74, 6) is 0. The molecule has 0 radical (unpaired) electrons. The van der Waals surface area contributed by atoms with Gasteiger partial charge in [-0.2, -0.15) is 0 Å². The molecule has 6 nitrogen and oxygen atoms in total. The standard InChI is InChI=1S/C12H21N3O3/c1-11(2,3)18-10(16)15-5-9(14-17-4)12(8-15)6-13-7-12/h13H,5-8H2,1-4H3/b14-9-. The summed E-state index contributed by atoms with van der Waals surface area (Å²) in [4.78, 5) is 18.6. The molecule has 1 amide bonds. The molecule has 0 bridgehead atoms. The predicted octanol–water partition coefficient (Wildman–Crippen LogP) is 0.829. The van der Waals surface area contributed by atoms with Crippen LogP contribution in [-0.2, 0) is 9.57 Å². The molecule has 0 aromatic heterocycles. The van der Waals surface area contributed by atoms with E-state index in [9.17, 15) is 4.79 Å². The van der Waals surface area contributed by atoms with Crippen molar-refractivity contribution in [3.05, 3.63) is 0 Å². The van der Waals surface area contributed by atoms with Crippen LogP contribution >= 0.6 is 0 Å². The summed E-state index contributed by atoms with van der Waals surface area (Å²) in [6.45, 7) is 8.42. The van der Waals surface area contributed by atoms with Crippen LogP contribution in [0.3, 0.4) is 0 Å². The number of nitrogens with one attached hydrogen (secondary N) is 1. The third kappa shape index (κ3) is 2.43. The monoisotopic (exact) mass is 255 g/mol. The zero-order chi connectivity index (χ0) is 13.4. The molecule has 2 aliphatic heterocycles. The summed E-state index contributed by atoms with van der Waals surface area (Å²) in [7, 11) is 1.53. The van der Waals surface area contributed by atoms with E-state index < -0.39 is 5.60 Å². The van der Waals surface area contributed by atoms with Crippen LogP contribution < -0.4 is 5.32 Å². The Morgan fingerprint density at radius 3 is 2.56 bits per heavy atom. The van der Waals surface area contributed by atoms with Gasteiger partial charge in [-0.05, 0) is 20.8 Å². The van der Waals surface area contributed by atoms with Gasteiger partial charge >= 0.3 is 6.09 Å². The minimum absolute atomic E-state index is 0.0487. The highest BCUT2D eigenvalue weighted by Crippen LogP contribution is 2.33. The molecule has 0 unspecified atom stereocenters. The molecule has 0 aromatic carbocycles. The molecule has 0 aromatic rings. The Labute approximate surface area is 107 Å². The SMILES string of the molecule is CO/N=C1/CN(C(=O)OC(C)(C)C)CC12CNC2. The number of oxime groups is 1. The van der Waals surface area contributed by atoms with Gasteiger partial charge in [-0.1, -0.05) is 5.16 Å². The molecule has 2 rings (SSSR count). The summed E-state index contributed by atoms with van der Waals surface area (Å²) in [5, 5.41) is 7.28. The van der Waals surface area contributed by atoms with Crippen molar-refractivity contribution in [2.45, 2.75) is 26.4 Å². The third-order valence-electron chi connectivity index (χ3n) is 3.23. The number of hydrogen-bond acceptors (Lipinski definition) is 5. The van der Waals surface area contributed by atoms with Gasteiger partial charge in [0.15, 0.2) is 0 Å². The van der Waals surface area contributed by atoms with Crippen LogP contribution in [0.15, 0.2) is 5.16 Å². The lowest BCUT2D eigenvalue weighted by Crippen LogP contribution is -2.58. The lowest BCUT2D eigenvalue weighted by Gasteiger charge is -2.38. The first-order valence-corrected chi connectivity index (χ1v) is 6.15. The fourth-order valence-electron chi connectivity index (χ4n) is 2.30. The molecule has 0 aliphatic carbocycles. The Morgan fingerprint density at radius 1 is 1.44 bits per heavy atom. The van der Waals surface area contributed by atoms with Crippen molar-refractivity contribution in [3.8, 4) is 0 Å². The van der Waals surface area contributed by atoms with Gasteiger partial charge in [-0.3, -0.25) is 0 Å². The first-order chi connectivity index (χ1) is 8.36. The molecule has 2 aliphatic rings. The van der Waals surface area contributed by atoms with Gasteiger partial charge in [0.25, 0.3) is 0 Å². The molecule has 0 saturated carbocycles. The van der Waals surface area contributed by atoms with Crippen molar-refractivity contribution in [1.29, 1.82) is 0 Å². The lowest BCUT2D eigenvalue weighted by atomic mass is 9.79. The molecule has 2 heterocycles. The van der Waals surface area contributed by atoms with Gasteiger partial charge in [0.05, 0.1) is 17.7 Å². The van der Waals surface area contributed by atoms with Crippen LogP contribution in [0, 0.1) is 5.41 Å². The lowest BCUT2D eigenvalue weighted by molar-refractivity contribution is 0.0258. The summed E-state index contributed by atoms with van der Waals surface area (Å²) >= 11 is 0. The summed E-state index contributed by atoms with van der Waals surface area (Å²) in [6.07, 6.45) is -0.282. The largest absolute Gasteiger partial charge is 0.444 e. The quantitative estimate of drug-likeness (QED) is 0.705. The third-order valence-corrected chi connectivity index (χ3v) is 3.23. The Hall–Kier alpha value is -1.30. The normalized spacial score (nSPS) is 24.2. The zero-order valence-electron chi connectivity index (χ0n) is 11.4. The first kappa shape index (κ1) is 13.1. The molecule has 2 saturated heterocycles. The summed E-state index contributed by atoms with van der Waals surface area (Å²) in [6, 6.07) is 0. The van der Waals surface area contributed by atoms with E-state index in [4.69, 9.17) is 9.57 Å². The fourth-order valence-corrected chi connectivity index (χ4v) is 2.30. The van der Waals surface area contributed by atoms with Crippen molar-refractivity contribution in [3.63, 3.8) is 0 Å². The van der Waals surface area contributed by atoms with Gasteiger partial charge in [-0.15, -0.1) is 0 Å². The number of nitrogens with zero attached hydrogens (tertiary/aromatic N) is 2. The van der Waals surface area contributed by atoms with E-state index in [0.717, 1.165) is 18.8 Å². The second-order valence-corrected chi connectivity index (χ2v) is 5.94. The van der Waals surface area contributed by atoms with Crippen molar-refractivity contribution in [2.24, 2.45) is 10.6 Å². The van der Waals surface area contributed by atoms with Gasteiger partial charge in [0, 0.05) is 19.6 Å². The van der Waals surface area contributed by atoms with Gasteiger partial charge < -0.3 is 19.8 Å². The highest BCUT2D eigenvalue weighted by Gasteiger charge is 2.51. The molecule has 1 N–H and O–H groups in total. The van der Waals surface area contributed by atoms with Gasteiger partial charge in [0.2, 0.25) is 0 Å². The number of amides is 1. The number of likely N-dealkylation sites (tertiary alicyclic amines) is 1. The van der Waals surface area contributed by atoms with Crippen molar-refractivity contribution >= 4 is 11.8 Å². The van der Waals surface area contributed by atoms with Gasteiger partial charge in [0.1, 0.15) is 12.7 Å². The highest BCUT2D eigenvalue weighted by atomic mass is 16.6. The topological polar surface area (TPSA) is 63.2 Å². The molecular formula is C12H21N3O3. The van der Waals surface area contributed by atoms with Crippen LogP contribution in [-0.4, -0.2) is 55.6 Å². The molecule has 1 spiro atoms. The zero-order valence-corrected chi connectivity index (χ0v) is 11.4. The maximum atomic E-state index is 12.0. The van der Waals surface area contributed by atoms with E-state index in [2.05, 4.69) is 10.5 Å². The van der Waals surface area contributed by atoms with E-state index in [1.54, 1.807) is 4.90 Å². The second-order valence-electron chi connectivity index (χ2n) is 5.94. The second kappa shape index (κ2) is 4.42. The van der Waals surface area contributed by atoms with E-state index in [0.29, 0.717) is 13.1 Å². The molecule has 102 valence electrons. The molecule has 0 atom stereocenters. The predicted molar refractivity (Wildman–Crippen MR) is 67.6 cm³/mol. The van der Waals surface area contributed by atoms with E-state index in [-0.39, 0.29) is 11.5 Å². The molecular weight excluding hydrogens is 234 g/mol. The van der Waals surface area contributed by atoms with Crippen molar-refractivity contribution in [2.75, 3.05) is 33.3 Å². The molecule has 2 fully saturated rings. The Kier molecular flexibility index (Phi) is 3.23. The molecule has 18 heavy (non-hydrogen) atoms. The van der Waals surface area contributed by atoms with Crippen molar-refractivity contribution in [1.82, 2.24) is 10.2 Å². The highest BCUT2D eigenvalue weighted by molar-refractivity contribution is 5.97. The molecule has 6 heteroatoms. The van der Waals surface area contributed by atoms with E-state index >= 15 is 0 Å². The smallest absolute Gasteiger partial charge is 0.410 e. The Bertz CT molecular complexity index is 369. The summed E-state index contributed by atoms with van der Waals surface area (Å²) < 4.78 is 5.38.